The highest BCUT2D eigenvalue weighted by atomic mass is 32.1. The van der Waals surface area contributed by atoms with Gasteiger partial charge in [0.05, 0.1) is 16.7 Å². The molecule has 1 aromatic carbocycles. The molecule has 1 aromatic heterocycles. The van der Waals surface area contributed by atoms with E-state index in [4.69, 9.17) is 4.74 Å². The first-order valence-electron chi connectivity index (χ1n) is 10.8. The van der Waals surface area contributed by atoms with Crippen LogP contribution < -0.4 is 5.32 Å². The number of hydrogen-bond donors (Lipinski definition) is 1. The quantitative estimate of drug-likeness (QED) is 0.750. The summed E-state index contributed by atoms with van der Waals surface area (Å²) in [5.41, 5.74) is 3.17. The highest BCUT2D eigenvalue weighted by Gasteiger charge is 2.42. The zero-order chi connectivity index (χ0) is 21.0. The van der Waals surface area contributed by atoms with E-state index in [2.05, 4.69) is 58.5 Å². The maximum Gasteiger partial charge on any atom is 0.270 e. The fraction of sp³-hybridized carbons (Fsp3) is 0.500. The molecule has 3 heterocycles. The number of benzene rings is 1. The largest absolute Gasteiger partial charge is 0.370 e. The van der Waals surface area contributed by atoms with Crippen LogP contribution in [0.4, 0.5) is 0 Å². The van der Waals surface area contributed by atoms with E-state index < -0.39 is 0 Å². The van der Waals surface area contributed by atoms with Crippen LogP contribution in [0.15, 0.2) is 41.3 Å². The average Bonchev–Trinajstić information content (AvgIpc) is 3.35. The maximum absolute atomic E-state index is 12.2. The van der Waals surface area contributed by atoms with Crippen molar-refractivity contribution in [2.75, 3.05) is 26.2 Å². The van der Waals surface area contributed by atoms with Gasteiger partial charge in [-0.25, -0.2) is 4.98 Å². The minimum absolute atomic E-state index is 0.000161. The highest BCUT2D eigenvalue weighted by Crippen LogP contribution is 2.38. The monoisotopic (exact) mass is 425 g/mol. The molecule has 0 unspecified atom stereocenters. The van der Waals surface area contributed by atoms with E-state index in [0.29, 0.717) is 12.2 Å². The summed E-state index contributed by atoms with van der Waals surface area (Å²) in [6.45, 7) is 7.84. The fourth-order valence-electron chi connectivity index (χ4n) is 4.52. The van der Waals surface area contributed by atoms with Gasteiger partial charge in [0.2, 0.25) is 0 Å². The number of aryl methyl sites for hydroxylation is 1. The molecule has 0 saturated carbocycles. The molecule has 2 aliphatic heterocycles. The van der Waals surface area contributed by atoms with Crippen molar-refractivity contribution in [1.29, 1.82) is 0 Å². The van der Waals surface area contributed by atoms with Crippen molar-refractivity contribution in [3.8, 4) is 0 Å². The molecule has 30 heavy (non-hydrogen) atoms. The predicted octanol–water partition coefficient (Wildman–Crippen LogP) is 4.30. The number of amides is 1. The van der Waals surface area contributed by atoms with Gasteiger partial charge in [-0.15, -0.1) is 11.3 Å². The number of rotatable bonds is 6. The van der Waals surface area contributed by atoms with Crippen LogP contribution in [-0.2, 0) is 4.74 Å². The topological polar surface area (TPSA) is 54.5 Å². The third-order valence-corrected chi connectivity index (χ3v) is 6.91. The number of nitrogens with one attached hydrogen (secondary N) is 1. The predicted molar refractivity (Wildman–Crippen MR) is 122 cm³/mol. The number of likely N-dealkylation sites (tertiary alicyclic amines) is 1. The van der Waals surface area contributed by atoms with E-state index in [0.717, 1.165) is 50.3 Å². The Morgan fingerprint density at radius 3 is 2.77 bits per heavy atom. The lowest BCUT2D eigenvalue weighted by Gasteiger charge is -2.39. The molecule has 160 valence electrons. The van der Waals surface area contributed by atoms with Crippen LogP contribution in [0.3, 0.4) is 0 Å². The van der Waals surface area contributed by atoms with E-state index in [1.807, 2.05) is 12.3 Å². The van der Waals surface area contributed by atoms with Gasteiger partial charge in [-0.3, -0.25) is 9.69 Å². The fourth-order valence-corrected chi connectivity index (χ4v) is 5.12. The summed E-state index contributed by atoms with van der Waals surface area (Å²) >= 11 is 1.50. The molecule has 1 atom stereocenters. The molecular weight excluding hydrogens is 394 g/mol. The Balaban J connectivity index is 1.22. The number of thiazole rings is 1. The number of ether oxygens (including phenoxy) is 1. The molecule has 6 heteroatoms. The second-order valence-corrected chi connectivity index (χ2v) is 9.66. The number of nitrogens with zero attached hydrogens (tertiary/aromatic N) is 2. The maximum atomic E-state index is 12.2. The number of aromatic nitrogens is 1. The van der Waals surface area contributed by atoms with Gasteiger partial charge in [-0.1, -0.05) is 42.0 Å². The lowest BCUT2D eigenvalue weighted by molar-refractivity contribution is -0.0743. The number of piperidine rings is 1. The van der Waals surface area contributed by atoms with Gasteiger partial charge >= 0.3 is 0 Å². The van der Waals surface area contributed by atoms with Crippen molar-refractivity contribution < 1.29 is 9.53 Å². The molecule has 2 saturated heterocycles. The third kappa shape index (κ3) is 5.36. The van der Waals surface area contributed by atoms with E-state index in [-0.39, 0.29) is 17.6 Å². The molecule has 2 aromatic rings. The first kappa shape index (κ1) is 21.2. The summed E-state index contributed by atoms with van der Waals surface area (Å²) < 4.78 is 6.46. The van der Waals surface area contributed by atoms with Gasteiger partial charge < -0.3 is 10.1 Å². The molecule has 5 nitrogen and oxygen atoms in total. The first-order chi connectivity index (χ1) is 14.5. The van der Waals surface area contributed by atoms with Crippen molar-refractivity contribution in [2.45, 2.75) is 51.2 Å². The average molecular weight is 426 g/mol. The Labute approximate surface area is 183 Å². The van der Waals surface area contributed by atoms with E-state index >= 15 is 0 Å². The van der Waals surface area contributed by atoms with Crippen LogP contribution in [-0.4, -0.2) is 53.7 Å². The van der Waals surface area contributed by atoms with Crippen LogP contribution in [0.2, 0.25) is 0 Å². The Kier molecular flexibility index (Phi) is 6.66. The second-order valence-electron chi connectivity index (χ2n) is 8.60. The standard InChI is InChI=1S/C24H31N3O2S/c1-18(14-20-6-4-3-5-7-20)16-27-12-10-24(11-13-27)9-8-21(29-24)15-25-23(28)22-17-30-19(2)26-22/h3-7,14,17,21H,8-13,15-16H2,1-2H3,(H,25,28)/b18-14+/t21-/m1/s1. The minimum atomic E-state index is -0.0978. The molecule has 4 rings (SSSR count). The number of carbonyl (C=O) groups is 1. The Hall–Kier alpha value is -2.02. The molecule has 0 bridgehead atoms. The van der Waals surface area contributed by atoms with E-state index in [1.165, 1.54) is 22.5 Å². The molecule has 1 spiro atoms. The Bertz CT molecular complexity index is 885. The van der Waals surface area contributed by atoms with Crippen molar-refractivity contribution >= 4 is 23.3 Å². The lowest BCUT2D eigenvalue weighted by atomic mass is 9.88. The lowest BCUT2D eigenvalue weighted by Crippen LogP contribution is -2.45. The molecule has 1 N–H and O–H groups in total. The summed E-state index contributed by atoms with van der Waals surface area (Å²) in [6.07, 6.45) is 6.64. The zero-order valence-electron chi connectivity index (χ0n) is 17.9. The van der Waals surface area contributed by atoms with Crippen LogP contribution in [0, 0.1) is 6.92 Å². The normalized spacial score (nSPS) is 21.8. The molecule has 0 radical (unpaired) electrons. The van der Waals surface area contributed by atoms with Crippen molar-refractivity contribution in [1.82, 2.24) is 15.2 Å². The van der Waals surface area contributed by atoms with Crippen molar-refractivity contribution in [3.63, 3.8) is 0 Å². The zero-order valence-corrected chi connectivity index (χ0v) is 18.7. The van der Waals surface area contributed by atoms with Crippen LogP contribution >= 0.6 is 11.3 Å². The third-order valence-electron chi connectivity index (χ3n) is 6.13. The molecule has 1 amide bonds. The minimum Gasteiger partial charge on any atom is -0.370 e. The highest BCUT2D eigenvalue weighted by molar-refractivity contribution is 7.09. The first-order valence-corrected chi connectivity index (χ1v) is 11.7. The van der Waals surface area contributed by atoms with E-state index in [9.17, 15) is 4.79 Å². The van der Waals surface area contributed by atoms with Gasteiger partial charge in [0, 0.05) is 31.6 Å². The number of carbonyl (C=O) groups excluding carboxylic acids is 1. The smallest absolute Gasteiger partial charge is 0.270 e. The Morgan fingerprint density at radius 2 is 2.07 bits per heavy atom. The molecule has 2 fully saturated rings. The molecule has 0 aliphatic carbocycles. The van der Waals surface area contributed by atoms with Crippen LogP contribution in [0.1, 0.15) is 53.7 Å². The van der Waals surface area contributed by atoms with Gasteiger partial charge in [0.15, 0.2) is 0 Å². The summed E-state index contributed by atoms with van der Waals surface area (Å²) in [5, 5.41) is 5.72. The van der Waals surface area contributed by atoms with Gasteiger partial charge in [-0.05, 0) is 45.1 Å². The number of hydrogen-bond acceptors (Lipinski definition) is 5. The summed E-state index contributed by atoms with van der Waals surface area (Å²) in [4.78, 5) is 19.0. The summed E-state index contributed by atoms with van der Waals surface area (Å²) in [6, 6.07) is 10.5. The van der Waals surface area contributed by atoms with Crippen LogP contribution in [0.5, 0.6) is 0 Å². The summed E-state index contributed by atoms with van der Waals surface area (Å²) in [7, 11) is 0. The van der Waals surface area contributed by atoms with Gasteiger partial charge in [-0.2, -0.15) is 0 Å². The van der Waals surface area contributed by atoms with Gasteiger partial charge in [0.25, 0.3) is 5.91 Å². The summed E-state index contributed by atoms with van der Waals surface area (Å²) in [5.74, 6) is -0.0978. The Morgan fingerprint density at radius 1 is 1.30 bits per heavy atom. The second kappa shape index (κ2) is 9.41. The molecular formula is C24H31N3O2S. The van der Waals surface area contributed by atoms with Crippen molar-refractivity contribution in [2.24, 2.45) is 0 Å². The van der Waals surface area contributed by atoms with E-state index in [1.54, 1.807) is 0 Å². The van der Waals surface area contributed by atoms with Gasteiger partial charge in [0.1, 0.15) is 5.69 Å². The van der Waals surface area contributed by atoms with Crippen molar-refractivity contribution in [3.05, 3.63) is 57.6 Å². The van der Waals surface area contributed by atoms with Crippen LogP contribution in [0.25, 0.3) is 6.08 Å². The SMILES string of the molecule is C/C(=C\c1ccccc1)CN1CCC2(CC[C@H](CNC(=O)c3csc(C)n3)O2)CC1. The molecule has 2 aliphatic rings.